The molecular formula is C20H19F3N2OS. The number of aromatic nitrogens is 1. The monoisotopic (exact) mass is 392 g/mol. The van der Waals surface area contributed by atoms with E-state index in [0.717, 1.165) is 33.8 Å². The lowest BCUT2D eigenvalue weighted by Gasteiger charge is -2.17. The van der Waals surface area contributed by atoms with Crippen LogP contribution in [-0.4, -0.2) is 22.8 Å². The van der Waals surface area contributed by atoms with Crippen LogP contribution in [0.1, 0.15) is 29.0 Å². The smallest absolute Gasteiger partial charge is 0.341 e. The third kappa shape index (κ3) is 5.07. The molecule has 1 aromatic heterocycles. The van der Waals surface area contributed by atoms with E-state index in [1.807, 2.05) is 24.3 Å². The van der Waals surface area contributed by atoms with Crippen LogP contribution in [0.5, 0.6) is 0 Å². The quantitative estimate of drug-likeness (QED) is 0.571. The van der Waals surface area contributed by atoms with Crippen LogP contribution >= 0.6 is 11.3 Å². The lowest BCUT2D eigenvalue weighted by atomic mass is 10.1. The van der Waals surface area contributed by atoms with Crippen molar-refractivity contribution in [2.45, 2.75) is 32.0 Å². The predicted octanol–water partition coefficient (Wildman–Crippen LogP) is 5.30. The SMILES string of the molecule is CN(Cc1ccc(C(F)(F)F)cc1)C(=O)CCCc1nc2ccccc2s1. The first-order chi connectivity index (χ1) is 12.8. The van der Waals surface area contributed by atoms with Gasteiger partial charge in [-0.05, 0) is 42.7 Å². The first kappa shape index (κ1) is 19.4. The number of carbonyl (C=O) groups excluding carboxylic acids is 1. The van der Waals surface area contributed by atoms with Crippen LogP contribution in [0.3, 0.4) is 0 Å². The fraction of sp³-hybridized carbons (Fsp3) is 0.300. The van der Waals surface area contributed by atoms with Gasteiger partial charge < -0.3 is 4.90 Å². The molecule has 0 saturated heterocycles. The molecule has 27 heavy (non-hydrogen) atoms. The lowest BCUT2D eigenvalue weighted by Crippen LogP contribution is -2.26. The summed E-state index contributed by atoms with van der Waals surface area (Å²) in [4.78, 5) is 18.4. The standard InChI is InChI=1S/C20H19F3N2OS/c1-25(13-14-9-11-15(12-10-14)20(21,22)23)19(26)8-4-7-18-24-16-5-2-3-6-17(16)27-18/h2-3,5-6,9-12H,4,7-8,13H2,1H3. The number of nitrogens with zero attached hydrogens (tertiary/aromatic N) is 2. The van der Waals surface area contributed by atoms with E-state index in [1.165, 1.54) is 12.1 Å². The van der Waals surface area contributed by atoms with E-state index < -0.39 is 11.7 Å². The summed E-state index contributed by atoms with van der Waals surface area (Å²) in [5.41, 5.74) is 0.962. The maximum Gasteiger partial charge on any atom is 0.416 e. The number of benzene rings is 2. The number of hydrogen-bond donors (Lipinski definition) is 0. The van der Waals surface area contributed by atoms with Crippen molar-refractivity contribution in [2.24, 2.45) is 0 Å². The van der Waals surface area contributed by atoms with E-state index in [9.17, 15) is 18.0 Å². The minimum absolute atomic E-state index is 0.0315. The molecule has 0 bridgehead atoms. The number of rotatable bonds is 6. The van der Waals surface area contributed by atoms with Gasteiger partial charge in [0.15, 0.2) is 0 Å². The van der Waals surface area contributed by atoms with Crippen molar-refractivity contribution in [2.75, 3.05) is 7.05 Å². The molecule has 1 heterocycles. The fourth-order valence-electron chi connectivity index (χ4n) is 2.77. The second-order valence-electron chi connectivity index (χ2n) is 6.37. The van der Waals surface area contributed by atoms with Crippen molar-refractivity contribution >= 4 is 27.5 Å². The molecule has 2 aromatic carbocycles. The summed E-state index contributed by atoms with van der Waals surface area (Å²) < 4.78 is 38.9. The Morgan fingerprint density at radius 3 is 2.48 bits per heavy atom. The predicted molar refractivity (Wildman–Crippen MR) is 100 cm³/mol. The van der Waals surface area contributed by atoms with Crippen LogP contribution in [-0.2, 0) is 23.9 Å². The number of alkyl halides is 3. The average molecular weight is 392 g/mol. The third-order valence-electron chi connectivity index (χ3n) is 4.25. The van der Waals surface area contributed by atoms with Crippen molar-refractivity contribution in [3.63, 3.8) is 0 Å². The maximum atomic E-state index is 12.6. The minimum Gasteiger partial charge on any atom is -0.341 e. The molecule has 0 fully saturated rings. The summed E-state index contributed by atoms with van der Waals surface area (Å²) in [6.07, 6.45) is -2.54. The third-order valence-corrected chi connectivity index (χ3v) is 5.34. The van der Waals surface area contributed by atoms with Crippen molar-refractivity contribution in [1.29, 1.82) is 0 Å². The Morgan fingerprint density at radius 2 is 1.81 bits per heavy atom. The summed E-state index contributed by atoms with van der Waals surface area (Å²) in [7, 11) is 1.66. The van der Waals surface area contributed by atoms with Crippen LogP contribution in [0, 0.1) is 0 Å². The number of para-hydroxylation sites is 1. The highest BCUT2D eigenvalue weighted by Gasteiger charge is 2.29. The number of hydrogen-bond acceptors (Lipinski definition) is 3. The molecule has 0 radical (unpaired) electrons. The molecule has 3 nitrogen and oxygen atoms in total. The van der Waals surface area contributed by atoms with Gasteiger partial charge >= 0.3 is 6.18 Å². The largest absolute Gasteiger partial charge is 0.416 e. The van der Waals surface area contributed by atoms with E-state index in [2.05, 4.69) is 4.98 Å². The van der Waals surface area contributed by atoms with Gasteiger partial charge in [0.2, 0.25) is 5.91 Å². The Kier molecular flexibility index (Phi) is 5.79. The number of aryl methyl sites for hydroxylation is 1. The van der Waals surface area contributed by atoms with Gasteiger partial charge in [-0.2, -0.15) is 13.2 Å². The van der Waals surface area contributed by atoms with Crippen molar-refractivity contribution in [1.82, 2.24) is 9.88 Å². The molecule has 0 unspecified atom stereocenters. The zero-order chi connectivity index (χ0) is 19.4. The van der Waals surface area contributed by atoms with E-state index in [0.29, 0.717) is 18.4 Å². The van der Waals surface area contributed by atoms with Crippen LogP contribution in [0.2, 0.25) is 0 Å². The first-order valence-electron chi connectivity index (χ1n) is 8.57. The summed E-state index contributed by atoms with van der Waals surface area (Å²) in [5.74, 6) is -0.0315. The van der Waals surface area contributed by atoms with Crippen LogP contribution in [0.4, 0.5) is 13.2 Å². The van der Waals surface area contributed by atoms with E-state index in [1.54, 1.807) is 23.3 Å². The van der Waals surface area contributed by atoms with Gasteiger partial charge in [-0.3, -0.25) is 4.79 Å². The number of amides is 1. The van der Waals surface area contributed by atoms with Gasteiger partial charge in [-0.1, -0.05) is 24.3 Å². The van der Waals surface area contributed by atoms with E-state index in [4.69, 9.17) is 0 Å². The highest BCUT2D eigenvalue weighted by Crippen LogP contribution is 2.29. The van der Waals surface area contributed by atoms with Gasteiger partial charge in [0.1, 0.15) is 0 Å². The molecule has 7 heteroatoms. The Bertz CT molecular complexity index is 886. The highest BCUT2D eigenvalue weighted by molar-refractivity contribution is 7.18. The first-order valence-corrected chi connectivity index (χ1v) is 9.39. The van der Waals surface area contributed by atoms with Crippen LogP contribution in [0.25, 0.3) is 10.2 Å². The molecule has 0 aliphatic rings. The van der Waals surface area contributed by atoms with Crippen molar-refractivity contribution in [3.05, 3.63) is 64.7 Å². The molecule has 0 atom stereocenters. The Labute approximate surface area is 159 Å². The van der Waals surface area contributed by atoms with Gasteiger partial charge in [-0.25, -0.2) is 4.98 Å². The molecule has 0 aliphatic carbocycles. The number of thiazole rings is 1. The summed E-state index contributed by atoms with van der Waals surface area (Å²) in [6.45, 7) is 0.290. The molecule has 0 spiro atoms. The summed E-state index contributed by atoms with van der Waals surface area (Å²) in [6, 6.07) is 12.8. The van der Waals surface area contributed by atoms with E-state index >= 15 is 0 Å². The molecule has 3 rings (SSSR count). The number of halogens is 3. The fourth-order valence-corrected chi connectivity index (χ4v) is 3.78. The molecule has 0 N–H and O–H groups in total. The second kappa shape index (κ2) is 8.08. The molecule has 3 aromatic rings. The van der Waals surface area contributed by atoms with Gasteiger partial charge in [0.05, 0.1) is 20.8 Å². The van der Waals surface area contributed by atoms with Gasteiger partial charge in [-0.15, -0.1) is 11.3 Å². The molecule has 142 valence electrons. The molecular weight excluding hydrogens is 373 g/mol. The number of carbonyl (C=O) groups is 1. The Balaban J connectivity index is 1.48. The maximum absolute atomic E-state index is 12.6. The molecule has 1 amide bonds. The zero-order valence-corrected chi connectivity index (χ0v) is 15.6. The van der Waals surface area contributed by atoms with Crippen LogP contribution < -0.4 is 0 Å². The minimum atomic E-state index is -4.35. The average Bonchev–Trinajstić information content (AvgIpc) is 3.04. The summed E-state index contributed by atoms with van der Waals surface area (Å²) >= 11 is 1.64. The molecule has 0 aliphatic heterocycles. The Hall–Kier alpha value is -2.41. The lowest BCUT2D eigenvalue weighted by molar-refractivity contribution is -0.137. The molecule has 0 saturated carbocycles. The number of fused-ring (bicyclic) bond motifs is 1. The van der Waals surface area contributed by atoms with Crippen LogP contribution in [0.15, 0.2) is 48.5 Å². The van der Waals surface area contributed by atoms with Gasteiger partial charge in [0, 0.05) is 20.0 Å². The highest BCUT2D eigenvalue weighted by atomic mass is 32.1. The second-order valence-corrected chi connectivity index (χ2v) is 7.49. The van der Waals surface area contributed by atoms with Gasteiger partial charge in [0.25, 0.3) is 0 Å². The Morgan fingerprint density at radius 1 is 1.11 bits per heavy atom. The normalized spacial score (nSPS) is 11.7. The van der Waals surface area contributed by atoms with Crippen molar-refractivity contribution < 1.29 is 18.0 Å². The summed E-state index contributed by atoms with van der Waals surface area (Å²) in [5, 5.41) is 1.01. The topological polar surface area (TPSA) is 33.2 Å². The zero-order valence-electron chi connectivity index (χ0n) is 14.8. The van der Waals surface area contributed by atoms with E-state index in [-0.39, 0.29) is 12.5 Å². The van der Waals surface area contributed by atoms with Crippen molar-refractivity contribution in [3.8, 4) is 0 Å².